The lowest BCUT2D eigenvalue weighted by Crippen LogP contribution is -2.48. The van der Waals surface area contributed by atoms with Crippen molar-refractivity contribution < 1.29 is 18.8 Å². The molecule has 0 aliphatic carbocycles. The van der Waals surface area contributed by atoms with Crippen molar-refractivity contribution in [3.8, 4) is 11.5 Å². The van der Waals surface area contributed by atoms with Crippen LogP contribution in [0.25, 0.3) is 0 Å². The summed E-state index contributed by atoms with van der Waals surface area (Å²) in [7, 11) is 0. The molecule has 0 unspecified atom stereocenters. The molecule has 2 aliphatic heterocycles. The summed E-state index contributed by atoms with van der Waals surface area (Å²) < 4.78 is 15.8. The fourth-order valence-corrected chi connectivity index (χ4v) is 3.11. The number of carbonyl (C=O) groups excluding carboxylic acids is 1. The minimum atomic E-state index is 0.0337. The van der Waals surface area contributed by atoms with Gasteiger partial charge in [0.15, 0.2) is 17.3 Å². The van der Waals surface area contributed by atoms with Crippen molar-refractivity contribution in [1.82, 2.24) is 19.9 Å². The van der Waals surface area contributed by atoms with E-state index in [4.69, 9.17) is 14.0 Å². The van der Waals surface area contributed by atoms with Gasteiger partial charge in [0.2, 0.25) is 18.6 Å². The molecule has 1 aromatic heterocycles. The van der Waals surface area contributed by atoms with E-state index >= 15 is 0 Å². The van der Waals surface area contributed by atoms with Gasteiger partial charge < -0.3 is 18.9 Å². The van der Waals surface area contributed by atoms with Gasteiger partial charge in [-0.2, -0.15) is 4.98 Å². The third-order valence-electron chi connectivity index (χ3n) is 4.44. The van der Waals surface area contributed by atoms with Crippen molar-refractivity contribution >= 4 is 5.91 Å². The first-order chi connectivity index (χ1) is 12.2. The van der Waals surface area contributed by atoms with Crippen LogP contribution in [0, 0.1) is 6.92 Å². The highest BCUT2D eigenvalue weighted by Crippen LogP contribution is 2.32. The molecule has 4 rings (SSSR count). The molecular weight excluding hydrogens is 324 g/mol. The number of nitrogens with zero attached hydrogens (tertiary/aromatic N) is 4. The Kier molecular flexibility index (Phi) is 4.27. The number of piperazine rings is 1. The lowest BCUT2D eigenvalue weighted by atomic mass is 10.1. The van der Waals surface area contributed by atoms with Gasteiger partial charge in [-0.05, 0) is 24.6 Å². The number of carbonyl (C=O) groups is 1. The van der Waals surface area contributed by atoms with Crippen molar-refractivity contribution in [3.63, 3.8) is 0 Å². The second-order valence-corrected chi connectivity index (χ2v) is 6.26. The van der Waals surface area contributed by atoms with Crippen LogP contribution in [0.4, 0.5) is 0 Å². The van der Waals surface area contributed by atoms with Crippen LogP contribution >= 0.6 is 0 Å². The van der Waals surface area contributed by atoms with Crippen LogP contribution in [0.15, 0.2) is 22.7 Å². The van der Waals surface area contributed by atoms with Crippen molar-refractivity contribution in [1.29, 1.82) is 0 Å². The van der Waals surface area contributed by atoms with Gasteiger partial charge >= 0.3 is 0 Å². The third-order valence-corrected chi connectivity index (χ3v) is 4.44. The summed E-state index contributed by atoms with van der Waals surface area (Å²) in [5.41, 5.74) is 1.19. The Bertz CT molecular complexity index is 768. The van der Waals surface area contributed by atoms with Gasteiger partial charge in [0.1, 0.15) is 6.42 Å². The Morgan fingerprint density at radius 1 is 1.16 bits per heavy atom. The largest absolute Gasteiger partial charge is 0.454 e. The minimum absolute atomic E-state index is 0.0337. The van der Waals surface area contributed by atoms with E-state index in [1.165, 1.54) is 5.56 Å². The van der Waals surface area contributed by atoms with Crippen LogP contribution in [0.1, 0.15) is 17.3 Å². The summed E-state index contributed by atoms with van der Waals surface area (Å²) in [5, 5.41) is 3.71. The first kappa shape index (κ1) is 15.9. The summed E-state index contributed by atoms with van der Waals surface area (Å²) in [5.74, 6) is 2.57. The van der Waals surface area contributed by atoms with Crippen LogP contribution in [-0.2, 0) is 17.8 Å². The van der Waals surface area contributed by atoms with E-state index in [1.807, 2.05) is 17.0 Å². The van der Waals surface area contributed by atoms with Crippen LogP contribution < -0.4 is 9.47 Å². The molecular formula is C17H20N4O4. The third kappa shape index (κ3) is 3.58. The van der Waals surface area contributed by atoms with Gasteiger partial charge in [-0.3, -0.25) is 9.69 Å². The molecule has 1 saturated heterocycles. The summed E-state index contributed by atoms with van der Waals surface area (Å²) in [6.45, 7) is 5.95. The Morgan fingerprint density at radius 3 is 2.72 bits per heavy atom. The van der Waals surface area contributed by atoms with Gasteiger partial charge in [-0.15, -0.1) is 0 Å². The van der Waals surface area contributed by atoms with Crippen LogP contribution in [-0.4, -0.2) is 58.8 Å². The van der Waals surface area contributed by atoms with Crippen molar-refractivity contribution in [3.05, 3.63) is 35.5 Å². The number of benzene rings is 1. The molecule has 8 nitrogen and oxygen atoms in total. The molecule has 0 atom stereocenters. The number of aromatic nitrogens is 2. The zero-order valence-electron chi connectivity index (χ0n) is 14.1. The van der Waals surface area contributed by atoms with E-state index in [1.54, 1.807) is 6.92 Å². The van der Waals surface area contributed by atoms with E-state index in [-0.39, 0.29) is 12.3 Å². The van der Waals surface area contributed by atoms with Crippen LogP contribution in [0.2, 0.25) is 0 Å². The smallest absolute Gasteiger partial charge is 0.236 e. The fourth-order valence-electron chi connectivity index (χ4n) is 3.11. The summed E-state index contributed by atoms with van der Waals surface area (Å²) in [6, 6.07) is 6.03. The molecule has 1 aromatic carbocycles. The molecule has 0 spiro atoms. The normalized spacial score (nSPS) is 17.1. The number of hydrogen-bond acceptors (Lipinski definition) is 7. The highest BCUT2D eigenvalue weighted by molar-refractivity contribution is 5.77. The fraction of sp³-hybridized carbons (Fsp3) is 0.471. The van der Waals surface area contributed by atoms with Gasteiger partial charge in [0.25, 0.3) is 0 Å². The van der Waals surface area contributed by atoms with E-state index in [9.17, 15) is 4.79 Å². The number of rotatable bonds is 4. The first-order valence-corrected chi connectivity index (χ1v) is 8.35. The number of ether oxygens (including phenoxy) is 2. The first-order valence-electron chi connectivity index (χ1n) is 8.35. The molecule has 0 radical (unpaired) electrons. The molecule has 132 valence electrons. The van der Waals surface area contributed by atoms with Gasteiger partial charge in [0.05, 0.1) is 0 Å². The zero-order valence-corrected chi connectivity index (χ0v) is 14.1. The molecule has 8 heteroatoms. The predicted molar refractivity (Wildman–Crippen MR) is 87.2 cm³/mol. The molecule has 2 aromatic rings. The Hall–Kier alpha value is -2.61. The summed E-state index contributed by atoms with van der Waals surface area (Å²) in [6.07, 6.45) is 0.170. The van der Waals surface area contributed by atoms with E-state index < -0.39 is 0 Å². The van der Waals surface area contributed by atoms with E-state index in [2.05, 4.69) is 21.1 Å². The maximum Gasteiger partial charge on any atom is 0.236 e. The lowest BCUT2D eigenvalue weighted by molar-refractivity contribution is -0.132. The standard InChI is InChI=1S/C17H20N4O4/c1-12-18-16(25-19-12)9-17(22)21-6-4-20(5-7-21)10-13-2-3-14-15(8-13)24-11-23-14/h2-3,8H,4-7,9-11H2,1H3. The number of hydrogen-bond donors (Lipinski definition) is 0. The van der Waals surface area contributed by atoms with Crippen molar-refractivity contribution in [2.24, 2.45) is 0 Å². The van der Waals surface area contributed by atoms with Crippen LogP contribution in [0.3, 0.4) is 0 Å². The van der Waals surface area contributed by atoms with Gasteiger partial charge in [-0.1, -0.05) is 11.2 Å². The quantitative estimate of drug-likeness (QED) is 0.818. The van der Waals surface area contributed by atoms with Gasteiger partial charge in [-0.25, -0.2) is 0 Å². The molecule has 2 aliphatic rings. The zero-order chi connectivity index (χ0) is 17.2. The molecule has 1 amide bonds. The van der Waals surface area contributed by atoms with Crippen molar-refractivity contribution in [2.75, 3.05) is 33.0 Å². The Morgan fingerprint density at radius 2 is 1.96 bits per heavy atom. The highest BCUT2D eigenvalue weighted by atomic mass is 16.7. The Labute approximate surface area is 145 Å². The molecule has 3 heterocycles. The minimum Gasteiger partial charge on any atom is -0.454 e. The van der Waals surface area contributed by atoms with E-state index in [0.29, 0.717) is 31.6 Å². The second-order valence-electron chi connectivity index (χ2n) is 6.26. The van der Waals surface area contributed by atoms with Gasteiger partial charge in [0, 0.05) is 32.7 Å². The van der Waals surface area contributed by atoms with Crippen LogP contribution in [0.5, 0.6) is 11.5 Å². The Balaban J connectivity index is 1.28. The van der Waals surface area contributed by atoms with E-state index in [0.717, 1.165) is 31.1 Å². The maximum atomic E-state index is 12.3. The molecule has 0 bridgehead atoms. The monoisotopic (exact) mass is 344 g/mol. The SMILES string of the molecule is Cc1noc(CC(=O)N2CCN(Cc3ccc4c(c3)OCO4)CC2)n1. The average Bonchev–Trinajstić information content (AvgIpc) is 3.24. The maximum absolute atomic E-state index is 12.3. The predicted octanol–water partition coefficient (Wildman–Crippen LogP) is 0.994. The topological polar surface area (TPSA) is 80.9 Å². The second kappa shape index (κ2) is 6.72. The molecule has 25 heavy (non-hydrogen) atoms. The lowest BCUT2D eigenvalue weighted by Gasteiger charge is -2.34. The number of amides is 1. The average molecular weight is 344 g/mol. The number of aryl methyl sites for hydroxylation is 1. The molecule has 1 fully saturated rings. The molecule has 0 saturated carbocycles. The summed E-state index contributed by atoms with van der Waals surface area (Å²) in [4.78, 5) is 20.6. The summed E-state index contributed by atoms with van der Waals surface area (Å²) >= 11 is 0. The number of fused-ring (bicyclic) bond motifs is 1. The molecule has 0 N–H and O–H groups in total. The highest BCUT2D eigenvalue weighted by Gasteiger charge is 2.23. The van der Waals surface area contributed by atoms with Crippen molar-refractivity contribution in [2.45, 2.75) is 19.9 Å².